The van der Waals surface area contributed by atoms with Gasteiger partial charge in [0.25, 0.3) is 0 Å². The SMILES string of the molecule is CCC(C)N(CC(=O)N(Cc1ccccc1)Cc1cccs1)C(=O)C(C)(C)CCl. The van der Waals surface area contributed by atoms with E-state index in [1.54, 1.807) is 16.2 Å². The Morgan fingerprint density at radius 1 is 1.10 bits per heavy atom. The van der Waals surface area contributed by atoms with E-state index >= 15 is 0 Å². The van der Waals surface area contributed by atoms with E-state index in [9.17, 15) is 9.59 Å². The molecule has 2 amide bonds. The number of rotatable bonds is 10. The monoisotopic (exact) mass is 434 g/mol. The Hall–Kier alpha value is -1.85. The van der Waals surface area contributed by atoms with Crippen LogP contribution in [0, 0.1) is 5.41 Å². The summed E-state index contributed by atoms with van der Waals surface area (Å²) < 4.78 is 0. The minimum absolute atomic E-state index is 0.0331. The molecule has 0 bridgehead atoms. The van der Waals surface area contributed by atoms with Gasteiger partial charge in [0.05, 0.1) is 12.0 Å². The van der Waals surface area contributed by atoms with E-state index in [2.05, 4.69) is 0 Å². The maximum Gasteiger partial charge on any atom is 0.242 e. The van der Waals surface area contributed by atoms with Crippen LogP contribution in [0.3, 0.4) is 0 Å². The standard InChI is InChI=1S/C23H31ClN2O2S/c1-5-18(2)26(22(28)23(3,4)17-24)16-21(27)25(15-20-12-9-13-29-20)14-19-10-7-6-8-11-19/h6-13,18H,5,14-17H2,1-4H3. The molecule has 1 heterocycles. The van der Waals surface area contributed by atoms with Gasteiger partial charge in [-0.2, -0.15) is 0 Å². The van der Waals surface area contributed by atoms with Gasteiger partial charge in [0, 0.05) is 23.3 Å². The molecule has 1 atom stereocenters. The minimum Gasteiger partial charge on any atom is -0.332 e. The molecule has 0 N–H and O–H groups in total. The number of hydrogen-bond donors (Lipinski definition) is 0. The Morgan fingerprint density at radius 3 is 2.34 bits per heavy atom. The third-order valence-electron chi connectivity index (χ3n) is 5.10. The zero-order chi connectivity index (χ0) is 21.4. The van der Waals surface area contributed by atoms with E-state index in [1.807, 2.05) is 80.4 Å². The number of nitrogens with zero attached hydrogens (tertiary/aromatic N) is 2. The highest BCUT2D eigenvalue weighted by molar-refractivity contribution is 7.09. The molecule has 29 heavy (non-hydrogen) atoms. The Labute approximate surface area is 183 Å². The summed E-state index contributed by atoms with van der Waals surface area (Å²) in [5, 5.41) is 2.01. The van der Waals surface area contributed by atoms with Crippen LogP contribution in [0.15, 0.2) is 47.8 Å². The van der Waals surface area contributed by atoms with Gasteiger partial charge >= 0.3 is 0 Å². The first-order chi connectivity index (χ1) is 13.8. The van der Waals surface area contributed by atoms with Crippen molar-refractivity contribution >= 4 is 34.8 Å². The highest BCUT2D eigenvalue weighted by Gasteiger charge is 2.35. The first-order valence-corrected chi connectivity index (χ1v) is 11.4. The van der Waals surface area contributed by atoms with E-state index in [0.717, 1.165) is 16.9 Å². The molecule has 0 saturated heterocycles. The summed E-state index contributed by atoms with van der Waals surface area (Å²) >= 11 is 7.67. The van der Waals surface area contributed by atoms with Crippen LogP contribution in [-0.2, 0) is 22.7 Å². The molecule has 0 fully saturated rings. The molecule has 1 unspecified atom stereocenters. The van der Waals surface area contributed by atoms with Crippen LogP contribution >= 0.6 is 22.9 Å². The Balaban J connectivity index is 2.23. The Morgan fingerprint density at radius 2 is 1.79 bits per heavy atom. The summed E-state index contributed by atoms with van der Waals surface area (Å²) in [6.07, 6.45) is 0.779. The van der Waals surface area contributed by atoms with Crippen molar-refractivity contribution in [3.8, 4) is 0 Å². The fourth-order valence-electron chi connectivity index (χ4n) is 2.97. The number of thiophene rings is 1. The van der Waals surface area contributed by atoms with E-state index in [1.165, 1.54) is 0 Å². The quantitative estimate of drug-likeness (QED) is 0.484. The molecule has 4 nitrogen and oxygen atoms in total. The van der Waals surface area contributed by atoms with Gasteiger partial charge in [-0.15, -0.1) is 22.9 Å². The molecule has 0 radical (unpaired) electrons. The van der Waals surface area contributed by atoms with Gasteiger partial charge in [0.1, 0.15) is 6.54 Å². The number of carbonyl (C=O) groups is 2. The molecule has 158 valence electrons. The van der Waals surface area contributed by atoms with Gasteiger partial charge in [0.15, 0.2) is 0 Å². The van der Waals surface area contributed by atoms with Gasteiger partial charge in [0.2, 0.25) is 11.8 Å². The summed E-state index contributed by atoms with van der Waals surface area (Å²) in [6.45, 7) is 8.77. The Bertz CT molecular complexity index is 777. The van der Waals surface area contributed by atoms with Crippen LogP contribution in [-0.4, -0.2) is 40.1 Å². The van der Waals surface area contributed by atoms with Crippen molar-refractivity contribution in [3.63, 3.8) is 0 Å². The van der Waals surface area contributed by atoms with Gasteiger partial charge in [-0.3, -0.25) is 9.59 Å². The lowest BCUT2D eigenvalue weighted by atomic mass is 9.93. The van der Waals surface area contributed by atoms with Gasteiger partial charge in [-0.25, -0.2) is 0 Å². The van der Waals surface area contributed by atoms with Gasteiger partial charge in [-0.1, -0.05) is 43.3 Å². The highest BCUT2D eigenvalue weighted by Crippen LogP contribution is 2.23. The lowest BCUT2D eigenvalue weighted by Gasteiger charge is -2.36. The summed E-state index contributed by atoms with van der Waals surface area (Å²) in [5.41, 5.74) is 0.364. The second-order valence-corrected chi connectivity index (χ2v) is 9.32. The number of benzene rings is 1. The first kappa shape index (κ1) is 23.4. The van der Waals surface area contributed by atoms with E-state index in [-0.39, 0.29) is 30.3 Å². The lowest BCUT2D eigenvalue weighted by molar-refractivity contribution is -0.148. The molecule has 0 saturated carbocycles. The van der Waals surface area contributed by atoms with Crippen LogP contribution in [0.5, 0.6) is 0 Å². The second kappa shape index (κ2) is 10.8. The topological polar surface area (TPSA) is 40.6 Å². The molecule has 0 aliphatic rings. The third-order valence-corrected chi connectivity index (χ3v) is 6.63. The number of alkyl halides is 1. The van der Waals surface area contributed by atoms with Crippen LogP contribution in [0.2, 0.25) is 0 Å². The van der Waals surface area contributed by atoms with Crippen molar-refractivity contribution in [2.24, 2.45) is 5.41 Å². The molecule has 2 aromatic rings. The molecule has 0 aliphatic carbocycles. The minimum atomic E-state index is -0.705. The highest BCUT2D eigenvalue weighted by atomic mass is 35.5. The number of amides is 2. The average molecular weight is 435 g/mol. The average Bonchev–Trinajstić information content (AvgIpc) is 3.24. The summed E-state index contributed by atoms with van der Waals surface area (Å²) in [6, 6.07) is 13.9. The zero-order valence-corrected chi connectivity index (χ0v) is 19.3. The normalized spacial score (nSPS) is 12.4. The van der Waals surface area contributed by atoms with Crippen LogP contribution in [0.25, 0.3) is 0 Å². The van der Waals surface area contributed by atoms with Crippen LogP contribution < -0.4 is 0 Å². The first-order valence-electron chi connectivity index (χ1n) is 9.99. The maximum absolute atomic E-state index is 13.3. The van der Waals surface area contributed by atoms with Crippen molar-refractivity contribution in [1.29, 1.82) is 0 Å². The van der Waals surface area contributed by atoms with Crippen LogP contribution in [0.1, 0.15) is 44.6 Å². The molecule has 0 aliphatic heterocycles. The van der Waals surface area contributed by atoms with Crippen molar-refractivity contribution in [1.82, 2.24) is 9.80 Å². The second-order valence-electron chi connectivity index (χ2n) is 8.02. The van der Waals surface area contributed by atoms with Crippen LogP contribution in [0.4, 0.5) is 0 Å². The number of hydrogen-bond acceptors (Lipinski definition) is 3. The molecule has 1 aromatic heterocycles. The van der Waals surface area contributed by atoms with E-state index < -0.39 is 5.41 Å². The molecule has 6 heteroatoms. The largest absolute Gasteiger partial charge is 0.332 e. The predicted octanol–water partition coefficient (Wildman–Crippen LogP) is 5.17. The fraction of sp³-hybridized carbons (Fsp3) is 0.478. The maximum atomic E-state index is 13.3. The zero-order valence-electron chi connectivity index (χ0n) is 17.7. The predicted molar refractivity (Wildman–Crippen MR) is 121 cm³/mol. The summed E-state index contributed by atoms with van der Waals surface area (Å²) in [5.74, 6) is 0.0860. The van der Waals surface area contributed by atoms with E-state index in [0.29, 0.717) is 13.1 Å². The van der Waals surface area contributed by atoms with Crippen molar-refractivity contribution in [2.45, 2.75) is 53.2 Å². The van der Waals surface area contributed by atoms with E-state index in [4.69, 9.17) is 11.6 Å². The Kier molecular flexibility index (Phi) is 8.72. The van der Waals surface area contributed by atoms with Gasteiger partial charge in [-0.05, 0) is 44.2 Å². The smallest absolute Gasteiger partial charge is 0.242 e. The summed E-state index contributed by atoms with van der Waals surface area (Å²) in [7, 11) is 0. The molecule has 1 aromatic carbocycles. The molecule has 2 rings (SSSR count). The van der Waals surface area contributed by atoms with Crippen molar-refractivity contribution in [2.75, 3.05) is 12.4 Å². The molecular weight excluding hydrogens is 404 g/mol. The van der Waals surface area contributed by atoms with Gasteiger partial charge < -0.3 is 9.80 Å². The lowest BCUT2D eigenvalue weighted by Crippen LogP contribution is -2.51. The van der Waals surface area contributed by atoms with Crippen molar-refractivity contribution < 1.29 is 9.59 Å². The molecule has 0 spiro atoms. The van der Waals surface area contributed by atoms with Crippen molar-refractivity contribution in [3.05, 3.63) is 58.3 Å². The number of carbonyl (C=O) groups excluding carboxylic acids is 2. The third kappa shape index (κ3) is 6.58. The summed E-state index contributed by atoms with van der Waals surface area (Å²) in [4.78, 5) is 31.1. The molecular formula is C23H31ClN2O2S. The number of halogens is 1. The fourth-order valence-corrected chi connectivity index (χ4v) is 3.80.